The molecule has 4 nitrogen and oxygen atoms in total. The maximum Gasteiger partial charge on any atom is 0.332 e. The molecule has 1 aliphatic heterocycles. The Bertz CT molecular complexity index is 150. The average Bonchev–Trinajstić information content (AvgIpc) is 2.04. The molecule has 62 valence electrons. The molecule has 0 atom stereocenters. The number of thiocarbonyl (C=S) groups is 1. The van der Waals surface area contributed by atoms with Crippen molar-refractivity contribution in [3.63, 3.8) is 0 Å². The highest BCUT2D eigenvalue weighted by molar-refractivity contribution is 7.80. The fourth-order valence-electron chi connectivity index (χ4n) is 0.612. The first kappa shape index (κ1) is 8.42. The summed E-state index contributed by atoms with van der Waals surface area (Å²) in [6.07, 6.45) is 0. The van der Waals surface area contributed by atoms with Crippen LogP contribution in [0.3, 0.4) is 0 Å². The molecule has 11 heavy (non-hydrogen) atoms. The van der Waals surface area contributed by atoms with Gasteiger partial charge in [-0.1, -0.05) is 0 Å². The van der Waals surface area contributed by atoms with Gasteiger partial charge in [0.05, 0.1) is 0 Å². The van der Waals surface area contributed by atoms with Crippen molar-refractivity contribution >= 4 is 23.2 Å². The molecular formula is C6H8O4S. The second kappa shape index (κ2) is 4.25. The van der Waals surface area contributed by atoms with Crippen molar-refractivity contribution in [3.8, 4) is 0 Å². The monoisotopic (exact) mass is 176 g/mol. The molecule has 0 radical (unpaired) electrons. The van der Waals surface area contributed by atoms with Crippen molar-refractivity contribution in [2.45, 2.75) is 0 Å². The molecule has 0 aromatic heterocycles. The summed E-state index contributed by atoms with van der Waals surface area (Å²) in [5.41, 5.74) is 0. The number of esters is 1. The second-order valence-electron chi connectivity index (χ2n) is 1.93. The third kappa shape index (κ3) is 3.29. The number of cyclic esters (lactones) is 1. The Balaban J connectivity index is 2.35. The third-order valence-corrected chi connectivity index (χ3v) is 1.28. The summed E-state index contributed by atoms with van der Waals surface area (Å²) in [4.78, 5) is 10.6. The van der Waals surface area contributed by atoms with Gasteiger partial charge in [0.1, 0.15) is 26.4 Å². The summed E-state index contributed by atoms with van der Waals surface area (Å²) in [6, 6.07) is 0. The van der Waals surface area contributed by atoms with Gasteiger partial charge in [0.15, 0.2) is 5.05 Å². The standard InChI is InChI=1S/C6H8O4S/c7-5-3-8-4-6(11)10-2-1-9-5/h1-4H2. The Kier molecular flexibility index (Phi) is 3.25. The van der Waals surface area contributed by atoms with Gasteiger partial charge in [-0.25, -0.2) is 4.79 Å². The van der Waals surface area contributed by atoms with Crippen molar-refractivity contribution in [3.05, 3.63) is 0 Å². The van der Waals surface area contributed by atoms with Crippen LogP contribution in [0.1, 0.15) is 0 Å². The Labute approximate surface area is 69.4 Å². The van der Waals surface area contributed by atoms with E-state index in [-0.39, 0.29) is 25.8 Å². The first-order valence-electron chi connectivity index (χ1n) is 3.18. The third-order valence-electron chi connectivity index (χ3n) is 1.05. The SMILES string of the molecule is O=C1COCC(=S)OCCO1. The van der Waals surface area contributed by atoms with Gasteiger partial charge in [0.25, 0.3) is 0 Å². The van der Waals surface area contributed by atoms with Crippen LogP contribution in [0.4, 0.5) is 0 Å². The van der Waals surface area contributed by atoms with Crippen molar-refractivity contribution in [2.75, 3.05) is 26.4 Å². The molecule has 1 saturated heterocycles. The normalized spacial score (nSPS) is 20.7. The highest BCUT2D eigenvalue weighted by Gasteiger charge is 2.07. The molecule has 0 aromatic carbocycles. The first-order chi connectivity index (χ1) is 5.29. The molecule has 0 bridgehead atoms. The van der Waals surface area contributed by atoms with Gasteiger partial charge >= 0.3 is 5.97 Å². The van der Waals surface area contributed by atoms with Gasteiger partial charge in [-0.2, -0.15) is 0 Å². The molecule has 0 saturated carbocycles. The zero-order valence-corrected chi connectivity index (χ0v) is 6.69. The topological polar surface area (TPSA) is 44.8 Å². The summed E-state index contributed by atoms with van der Waals surface area (Å²) in [5.74, 6) is -0.377. The Morgan fingerprint density at radius 2 is 1.91 bits per heavy atom. The summed E-state index contributed by atoms with van der Waals surface area (Å²) < 4.78 is 14.4. The maximum absolute atomic E-state index is 10.6. The second-order valence-corrected chi connectivity index (χ2v) is 2.39. The van der Waals surface area contributed by atoms with E-state index in [4.69, 9.17) is 21.7 Å². The van der Waals surface area contributed by atoms with Gasteiger partial charge < -0.3 is 14.2 Å². The summed E-state index contributed by atoms with van der Waals surface area (Å²) in [7, 11) is 0. The Morgan fingerprint density at radius 1 is 1.18 bits per heavy atom. The van der Waals surface area contributed by atoms with E-state index < -0.39 is 0 Å². The Hall–Kier alpha value is -0.680. The van der Waals surface area contributed by atoms with E-state index in [1.54, 1.807) is 0 Å². The molecule has 0 spiro atoms. The number of ether oxygens (including phenoxy) is 3. The van der Waals surface area contributed by atoms with Crippen LogP contribution in [0.25, 0.3) is 0 Å². The van der Waals surface area contributed by atoms with Crippen LogP contribution in [0, 0.1) is 0 Å². The predicted octanol–water partition coefficient (Wildman–Crippen LogP) is -0.0962. The van der Waals surface area contributed by atoms with Crippen LogP contribution in [-0.4, -0.2) is 37.4 Å². The minimum atomic E-state index is -0.377. The number of hydrogen-bond donors (Lipinski definition) is 0. The van der Waals surface area contributed by atoms with Crippen LogP contribution in [0.2, 0.25) is 0 Å². The predicted molar refractivity (Wildman–Crippen MR) is 40.3 cm³/mol. The van der Waals surface area contributed by atoms with Gasteiger partial charge in [0, 0.05) is 0 Å². The summed E-state index contributed by atoms with van der Waals surface area (Å²) >= 11 is 4.74. The van der Waals surface area contributed by atoms with Crippen molar-refractivity contribution in [1.82, 2.24) is 0 Å². The lowest BCUT2D eigenvalue weighted by atomic mass is 10.7. The van der Waals surface area contributed by atoms with Crippen LogP contribution in [0.5, 0.6) is 0 Å². The quantitative estimate of drug-likeness (QED) is 0.381. The van der Waals surface area contributed by atoms with Crippen molar-refractivity contribution in [1.29, 1.82) is 0 Å². The van der Waals surface area contributed by atoms with Crippen molar-refractivity contribution in [2.24, 2.45) is 0 Å². The average molecular weight is 176 g/mol. The summed E-state index contributed by atoms with van der Waals surface area (Å²) in [5, 5.41) is 0.364. The van der Waals surface area contributed by atoms with Gasteiger partial charge in [0.2, 0.25) is 0 Å². The van der Waals surface area contributed by atoms with Gasteiger partial charge in [-0.15, -0.1) is 0 Å². The van der Waals surface area contributed by atoms with E-state index in [0.717, 1.165) is 0 Å². The molecule has 1 rings (SSSR count). The van der Waals surface area contributed by atoms with Crippen LogP contribution < -0.4 is 0 Å². The van der Waals surface area contributed by atoms with Crippen LogP contribution in [0.15, 0.2) is 0 Å². The van der Waals surface area contributed by atoms with E-state index >= 15 is 0 Å². The number of carbonyl (C=O) groups excluding carboxylic acids is 1. The number of rotatable bonds is 0. The highest BCUT2D eigenvalue weighted by Crippen LogP contribution is 1.91. The zero-order valence-electron chi connectivity index (χ0n) is 5.87. The van der Waals surface area contributed by atoms with E-state index in [2.05, 4.69) is 4.74 Å². The lowest BCUT2D eigenvalue weighted by molar-refractivity contribution is -0.148. The molecule has 0 N–H and O–H groups in total. The Morgan fingerprint density at radius 3 is 2.73 bits per heavy atom. The first-order valence-corrected chi connectivity index (χ1v) is 3.59. The van der Waals surface area contributed by atoms with Crippen molar-refractivity contribution < 1.29 is 19.0 Å². The van der Waals surface area contributed by atoms with Crippen LogP contribution in [-0.2, 0) is 19.0 Å². The van der Waals surface area contributed by atoms with Gasteiger partial charge in [-0.05, 0) is 12.2 Å². The maximum atomic E-state index is 10.6. The molecule has 0 amide bonds. The van der Waals surface area contributed by atoms with E-state index in [9.17, 15) is 4.79 Å². The molecule has 0 unspecified atom stereocenters. The lowest BCUT2D eigenvalue weighted by Gasteiger charge is -2.02. The largest absolute Gasteiger partial charge is 0.481 e. The van der Waals surface area contributed by atoms with E-state index in [1.807, 2.05) is 0 Å². The minimum Gasteiger partial charge on any atom is -0.481 e. The fraction of sp³-hybridized carbons (Fsp3) is 0.667. The molecule has 1 heterocycles. The smallest absolute Gasteiger partial charge is 0.332 e. The molecule has 0 aliphatic carbocycles. The minimum absolute atomic E-state index is 0.0521. The zero-order chi connectivity index (χ0) is 8.10. The van der Waals surface area contributed by atoms with Gasteiger partial charge in [-0.3, -0.25) is 0 Å². The van der Waals surface area contributed by atoms with E-state index in [1.165, 1.54) is 0 Å². The van der Waals surface area contributed by atoms with E-state index in [0.29, 0.717) is 11.7 Å². The molecule has 5 heteroatoms. The number of carbonyl (C=O) groups is 1. The molecule has 1 aliphatic rings. The number of hydrogen-bond acceptors (Lipinski definition) is 5. The fourth-order valence-corrected chi connectivity index (χ4v) is 0.779. The molecule has 0 aromatic rings. The molecule has 1 fully saturated rings. The van der Waals surface area contributed by atoms with Crippen LogP contribution >= 0.6 is 12.2 Å². The molecular weight excluding hydrogens is 168 g/mol. The summed E-state index contributed by atoms with van der Waals surface area (Å²) in [6.45, 7) is 0.685. The lowest BCUT2D eigenvalue weighted by Crippen LogP contribution is -2.13. The highest BCUT2D eigenvalue weighted by atomic mass is 32.1.